The van der Waals surface area contributed by atoms with Gasteiger partial charge in [-0.2, -0.15) is 0 Å². The van der Waals surface area contributed by atoms with E-state index in [0.717, 1.165) is 26.2 Å². The van der Waals surface area contributed by atoms with Gasteiger partial charge in [-0.3, -0.25) is 10.1 Å². The average Bonchev–Trinajstić information content (AvgIpc) is 3.23. The highest BCUT2D eigenvalue weighted by Gasteiger charge is 2.30. The molecule has 1 saturated carbocycles. The summed E-state index contributed by atoms with van der Waals surface area (Å²) in [6.45, 7) is 4.13. The molecule has 1 aromatic rings. The second-order valence-electron chi connectivity index (χ2n) is 5.56. The Hall–Kier alpha value is -1.62. The lowest BCUT2D eigenvalue weighted by atomic mass is 10.1. The van der Waals surface area contributed by atoms with Crippen LogP contribution in [0.25, 0.3) is 0 Å². The number of piperazine rings is 1. The van der Waals surface area contributed by atoms with Crippen LogP contribution in [-0.2, 0) is 0 Å². The van der Waals surface area contributed by atoms with Gasteiger partial charge in [0.05, 0.1) is 4.92 Å². The molecular weight excluding hydrogens is 242 g/mol. The summed E-state index contributed by atoms with van der Waals surface area (Å²) in [7, 11) is 2.13. The quantitative estimate of drug-likeness (QED) is 0.618. The van der Waals surface area contributed by atoms with E-state index in [9.17, 15) is 10.1 Å². The molecule has 0 atom stereocenters. The molecule has 0 amide bonds. The highest BCUT2D eigenvalue weighted by atomic mass is 16.6. The van der Waals surface area contributed by atoms with Crippen molar-refractivity contribution in [3.63, 3.8) is 0 Å². The first-order chi connectivity index (χ1) is 9.15. The zero-order valence-electron chi connectivity index (χ0n) is 11.2. The van der Waals surface area contributed by atoms with Crippen molar-refractivity contribution in [2.45, 2.75) is 18.8 Å². The van der Waals surface area contributed by atoms with E-state index in [2.05, 4.69) is 16.8 Å². The normalized spacial score (nSPS) is 20.6. The Balaban J connectivity index is 1.89. The van der Waals surface area contributed by atoms with E-state index in [1.807, 2.05) is 6.07 Å². The fourth-order valence-corrected chi connectivity index (χ4v) is 2.71. The zero-order valence-corrected chi connectivity index (χ0v) is 11.2. The summed E-state index contributed by atoms with van der Waals surface area (Å²) in [5, 5.41) is 10.9. The number of non-ortho nitro benzene ring substituents is 1. The number of hydrogen-bond acceptors (Lipinski definition) is 4. The number of benzene rings is 1. The molecule has 1 heterocycles. The van der Waals surface area contributed by atoms with E-state index < -0.39 is 0 Å². The molecule has 5 nitrogen and oxygen atoms in total. The molecule has 0 unspecified atom stereocenters. The van der Waals surface area contributed by atoms with Crippen LogP contribution in [0.2, 0.25) is 0 Å². The van der Waals surface area contributed by atoms with Gasteiger partial charge in [0, 0.05) is 44.0 Å². The van der Waals surface area contributed by atoms with E-state index in [0.29, 0.717) is 5.92 Å². The van der Waals surface area contributed by atoms with Gasteiger partial charge in [-0.1, -0.05) is 0 Å². The van der Waals surface area contributed by atoms with Crippen LogP contribution in [0.4, 0.5) is 11.4 Å². The van der Waals surface area contributed by atoms with Gasteiger partial charge in [-0.15, -0.1) is 0 Å². The molecule has 0 N–H and O–H groups in total. The van der Waals surface area contributed by atoms with E-state index in [1.165, 1.54) is 24.1 Å². The van der Waals surface area contributed by atoms with Gasteiger partial charge in [-0.05, 0) is 37.4 Å². The van der Waals surface area contributed by atoms with Crippen LogP contribution in [0.15, 0.2) is 18.2 Å². The van der Waals surface area contributed by atoms with Gasteiger partial charge >= 0.3 is 0 Å². The van der Waals surface area contributed by atoms with Crippen molar-refractivity contribution in [1.82, 2.24) is 4.90 Å². The van der Waals surface area contributed by atoms with Gasteiger partial charge in [0.1, 0.15) is 0 Å². The molecule has 19 heavy (non-hydrogen) atoms. The number of anilines is 1. The number of likely N-dealkylation sites (N-methyl/N-ethyl adjacent to an activating group) is 1. The van der Waals surface area contributed by atoms with E-state index >= 15 is 0 Å². The molecular formula is C14H19N3O2. The molecule has 1 aromatic carbocycles. The third-order valence-corrected chi connectivity index (χ3v) is 4.08. The summed E-state index contributed by atoms with van der Waals surface area (Å²) >= 11 is 0. The van der Waals surface area contributed by atoms with E-state index in [4.69, 9.17) is 0 Å². The molecule has 0 aromatic heterocycles. The van der Waals surface area contributed by atoms with Crippen LogP contribution in [0.3, 0.4) is 0 Å². The van der Waals surface area contributed by atoms with Crippen LogP contribution in [0.1, 0.15) is 24.3 Å². The maximum Gasteiger partial charge on any atom is 0.269 e. The molecule has 5 heteroatoms. The molecule has 2 aliphatic rings. The van der Waals surface area contributed by atoms with Gasteiger partial charge in [-0.25, -0.2) is 0 Å². The maximum absolute atomic E-state index is 10.9. The van der Waals surface area contributed by atoms with Gasteiger partial charge in [0.25, 0.3) is 5.69 Å². The van der Waals surface area contributed by atoms with Crippen LogP contribution in [-0.4, -0.2) is 43.0 Å². The van der Waals surface area contributed by atoms with Crippen LogP contribution < -0.4 is 4.90 Å². The smallest absolute Gasteiger partial charge is 0.269 e. The molecule has 0 radical (unpaired) electrons. The zero-order chi connectivity index (χ0) is 13.4. The van der Waals surface area contributed by atoms with Crippen molar-refractivity contribution in [1.29, 1.82) is 0 Å². The highest BCUT2D eigenvalue weighted by Crippen LogP contribution is 2.45. The molecule has 0 bridgehead atoms. The topological polar surface area (TPSA) is 49.6 Å². The minimum Gasteiger partial charge on any atom is -0.369 e. The Labute approximate surface area is 113 Å². The van der Waals surface area contributed by atoms with Gasteiger partial charge in [0.15, 0.2) is 0 Å². The van der Waals surface area contributed by atoms with Gasteiger partial charge < -0.3 is 9.80 Å². The first-order valence-electron chi connectivity index (χ1n) is 6.87. The second-order valence-corrected chi connectivity index (χ2v) is 5.56. The lowest BCUT2D eigenvalue weighted by Gasteiger charge is -2.35. The van der Waals surface area contributed by atoms with Crippen molar-refractivity contribution in [2.24, 2.45) is 0 Å². The fourth-order valence-electron chi connectivity index (χ4n) is 2.71. The summed E-state index contributed by atoms with van der Waals surface area (Å²) in [4.78, 5) is 15.3. The fraction of sp³-hybridized carbons (Fsp3) is 0.571. The number of nitro benzene ring substituents is 1. The van der Waals surface area contributed by atoms with Crippen LogP contribution in [0.5, 0.6) is 0 Å². The highest BCUT2D eigenvalue weighted by molar-refractivity contribution is 5.60. The summed E-state index contributed by atoms with van der Waals surface area (Å²) in [5.74, 6) is 0.537. The Morgan fingerprint density at radius 1 is 1.21 bits per heavy atom. The molecule has 1 aliphatic heterocycles. The lowest BCUT2D eigenvalue weighted by Crippen LogP contribution is -2.44. The third kappa shape index (κ3) is 2.56. The summed E-state index contributed by atoms with van der Waals surface area (Å²) in [5.41, 5.74) is 2.61. The summed E-state index contributed by atoms with van der Waals surface area (Å²) < 4.78 is 0. The Bertz CT molecular complexity index is 491. The maximum atomic E-state index is 10.9. The molecule has 102 valence electrons. The largest absolute Gasteiger partial charge is 0.369 e. The molecule has 0 spiro atoms. The summed E-state index contributed by atoms with van der Waals surface area (Å²) in [6, 6.07) is 5.36. The Morgan fingerprint density at radius 2 is 1.89 bits per heavy atom. The second kappa shape index (κ2) is 4.81. The van der Waals surface area contributed by atoms with Crippen molar-refractivity contribution in [3.8, 4) is 0 Å². The SMILES string of the molecule is CN1CCN(c2ccc([N+](=O)[O-])cc2C2CC2)CC1. The van der Waals surface area contributed by atoms with E-state index in [-0.39, 0.29) is 10.6 Å². The predicted molar refractivity (Wildman–Crippen MR) is 74.8 cm³/mol. The summed E-state index contributed by atoms with van der Waals surface area (Å²) in [6.07, 6.45) is 2.34. The van der Waals surface area contributed by atoms with Gasteiger partial charge in [0.2, 0.25) is 0 Å². The van der Waals surface area contributed by atoms with Crippen LogP contribution in [0, 0.1) is 10.1 Å². The number of nitro groups is 1. The van der Waals surface area contributed by atoms with Crippen molar-refractivity contribution >= 4 is 11.4 Å². The molecule has 3 rings (SSSR count). The van der Waals surface area contributed by atoms with Crippen molar-refractivity contribution in [3.05, 3.63) is 33.9 Å². The Kier molecular flexibility index (Phi) is 3.14. The molecule has 1 aliphatic carbocycles. The van der Waals surface area contributed by atoms with E-state index in [1.54, 1.807) is 12.1 Å². The van der Waals surface area contributed by atoms with Crippen molar-refractivity contribution in [2.75, 3.05) is 38.1 Å². The minimum atomic E-state index is -0.292. The first kappa shape index (κ1) is 12.4. The van der Waals surface area contributed by atoms with Crippen LogP contribution >= 0.6 is 0 Å². The number of nitrogens with zero attached hydrogens (tertiary/aromatic N) is 3. The molecule has 2 fully saturated rings. The first-order valence-corrected chi connectivity index (χ1v) is 6.87. The number of hydrogen-bond donors (Lipinski definition) is 0. The standard InChI is InChI=1S/C14H19N3O2/c1-15-6-8-16(9-7-15)14-5-4-12(17(18)19)10-13(14)11-2-3-11/h4-5,10-11H,2-3,6-9H2,1H3. The minimum absolute atomic E-state index is 0.222. The third-order valence-electron chi connectivity index (χ3n) is 4.08. The lowest BCUT2D eigenvalue weighted by molar-refractivity contribution is -0.384. The predicted octanol–water partition coefficient (Wildman–Crippen LogP) is 2.22. The molecule has 1 saturated heterocycles. The van der Waals surface area contributed by atoms with Crippen molar-refractivity contribution < 1.29 is 4.92 Å². The number of rotatable bonds is 3. The monoisotopic (exact) mass is 261 g/mol. The average molecular weight is 261 g/mol. The Morgan fingerprint density at radius 3 is 2.47 bits per heavy atom.